The SMILES string of the molecule is COCCOc1ccc(C(F)(F)F)cc1NC(=O)c1ccc2nc(C(F)F)[nH]c2c1. The molecule has 30 heavy (non-hydrogen) atoms. The summed E-state index contributed by atoms with van der Waals surface area (Å²) in [5.41, 5.74) is -0.707. The van der Waals surface area contributed by atoms with Gasteiger partial charge in [-0.2, -0.15) is 13.2 Å². The molecule has 0 atom stereocenters. The van der Waals surface area contributed by atoms with Crippen molar-refractivity contribution in [2.75, 3.05) is 25.6 Å². The van der Waals surface area contributed by atoms with Crippen LogP contribution < -0.4 is 10.1 Å². The number of imidazole rings is 1. The molecule has 3 aromatic rings. The second kappa shape index (κ2) is 8.66. The largest absolute Gasteiger partial charge is 0.489 e. The van der Waals surface area contributed by atoms with Crippen LogP contribution in [0, 0.1) is 0 Å². The second-order valence-corrected chi connectivity index (χ2v) is 6.16. The Morgan fingerprint density at radius 2 is 1.93 bits per heavy atom. The van der Waals surface area contributed by atoms with Gasteiger partial charge < -0.3 is 19.8 Å². The molecule has 0 saturated heterocycles. The molecule has 0 saturated carbocycles. The number of halogens is 5. The van der Waals surface area contributed by atoms with Crippen molar-refractivity contribution in [2.24, 2.45) is 0 Å². The summed E-state index contributed by atoms with van der Waals surface area (Å²) in [6, 6.07) is 6.65. The van der Waals surface area contributed by atoms with E-state index in [9.17, 15) is 26.7 Å². The lowest BCUT2D eigenvalue weighted by Crippen LogP contribution is -2.15. The first-order valence-corrected chi connectivity index (χ1v) is 8.61. The Morgan fingerprint density at radius 3 is 2.60 bits per heavy atom. The van der Waals surface area contributed by atoms with Gasteiger partial charge in [0.25, 0.3) is 12.3 Å². The van der Waals surface area contributed by atoms with E-state index in [2.05, 4.69) is 15.3 Å². The van der Waals surface area contributed by atoms with Crippen LogP contribution in [0.3, 0.4) is 0 Å². The number of aromatic amines is 1. The Bertz CT molecular complexity index is 1050. The Balaban J connectivity index is 1.89. The number of methoxy groups -OCH3 is 1. The molecule has 3 rings (SSSR count). The maximum Gasteiger partial charge on any atom is 0.416 e. The van der Waals surface area contributed by atoms with Gasteiger partial charge in [-0.05, 0) is 36.4 Å². The van der Waals surface area contributed by atoms with E-state index < -0.39 is 29.9 Å². The molecule has 0 aliphatic heterocycles. The van der Waals surface area contributed by atoms with Gasteiger partial charge in [-0.3, -0.25) is 4.79 Å². The van der Waals surface area contributed by atoms with Crippen LogP contribution in [0.5, 0.6) is 5.75 Å². The topological polar surface area (TPSA) is 76.2 Å². The summed E-state index contributed by atoms with van der Waals surface area (Å²) in [5, 5.41) is 2.37. The van der Waals surface area contributed by atoms with Crippen molar-refractivity contribution in [1.82, 2.24) is 9.97 Å². The molecule has 0 unspecified atom stereocenters. The average Bonchev–Trinajstić information content (AvgIpc) is 3.12. The molecule has 1 aromatic heterocycles. The number of amides is 1. The van der Waals surface area contributed by atoms with Crippen LogP contribution in [0.15, 0.2) is 36.4 Å². The molecule has 1 amide bonds. The molecular weight excluding hydrogens is 413 g/mol. The zero-order valence-electron chi connectivity index (χ0n) is 15.5. The van der Waals surface area contributed by atoms with E-state index in [1.165, 1.54) is 25.3 Å². The zero-order valence-corrected chi connectivity index (χ0v) is 15.5. The van der Waals surface area contributed by atoms with E-state index in [-0.39, 0.29) is 41.2 Å². The first kappa shape index (κ1) is 21.5. The third-order valence-corrected chi connectivity index (χ3v) is 4.07. The fourth-order valence-corrected chi connectivity index (χ4v) is 2.63. The molecule has 0 bridgehead atoms. The first-order chi connectivity index (χ1) is 14.2. The first-order valence-electron chi connectivity index (χ1n) is 8.61. The Kier molecular flexibility index (Phi) is 6.20. The smallest absolute Gasteiger partial charge is 0.416 e. The maximum absolute atomic E-state index is 13.1. The van der Waals surface area contributed by atoms with E-state index in [4.69, 9.17) is 9.47 Å². The molecule has 0 radical (unpaired) electrons. The summed E-state index contributed by atoms with van der Waals surface area (Å²) in [7, 11) is 1.43. The van der Waals surface area contributed by atoms with Crippen molar-refractivity contribution in [3.8, 4) is 5.75 Å². The van der Waals surface area contributed by atoms with Crippen molar-refractivity contribution in [1.29, 1.82) is 0 Å². The van der Waals surface area contributed by atoms with Gasteiger partial charge in [-0.1, -0.05) is 0 Å². The number of hydrogen-bond acceptors (Lipinski definition) is 4. The maximum atomic E-state index is 13.1. The fraction of sp³-hybridized carbons (Fsp3) is 0.263. The van der Waals surface area contributed by atoms with Gasteiger partial charge in [0.1, 0.15) is 12.4 Å². The molecule has 160 valence electrons. The minimum Gasteiger partial charge on any atom is -0.489 e. The zero-order chi connectivity index (χ0) is 21.9. The van der Waals surface area contributed by atoms with Crippen LogP contribution in [0.1, 0.15) is 28.2 Å². The summed E-state index contributed by atoms with van der Waals surface area (Å²) >= 11 is 0. The van der Waals surface area contributed by atoms with Gasteiger partial charge in [0, 0.05) is 12.7 Å². The molecule has 0 aliphatic carbocycles. The minimum absolute atomic E-state index is 0.0241. The number of carbonyl (C=O) groups excluding carboxylic acids is 1. The van der Waals surface area contributed by atoms with Crippen LogP contribution in [-0.4, -0.2) is 36.2 Å². The van der Waals surface area contributed by atoms with E-state index >= 15 is 0 Å². The lowest BCUT2D eigenvalue weighted by atomic mass is 10.1. The quantitative estimate of drug-likeness (QED) is 0.418. The number of anilines is 1. The van der Waals surface area contributed by atoms with Gasteiger partial charge in [0.2, 0.25) is 0 Å². The Labute approximate surface area is 167 Å². The van der Waals surface area contributed by atoms with Crippen LogP contribution in [0.2, 0.25) is 0 Å². The van der Waals surface area contributed by atoms with Crippen LogP contribution in [0.25, 0.3) is 11.0 Å². The van der Waals surface area contributed by atoms with E-state index in [0.29, 0.717) is 0 Å². The molecule has 1 heterocycles. The number of carbonyl (C=O) groups is 1. The van der Waals surface area contributed by atoms with E-state index in [1.807, 2.05) is 0 Å². The summed E-state index contributed by atoms with van der Waals surface area (Å²) in [4.78, 5) is 18.7. The van der Waals surface area contributed by atoms with Gasteiger partial charge >= 0.3 is 6.18 Å². The van der Waals surface area contributed by atoms with Crippen molar-refractivity contribution < 1.29 is 36.2 Å². The summed E-state index contributed by atoms with van der Waals surface area (Å²) in [6.45, 7) is 0.249. The number of H-pyrrole nitrogens is 1. The number of alkyl halides is 5. The number of hydrogen-bond donors (Lipinski definition) is 2. The minimum atomic E-state index is -4.62. The predicted molar refractivity (Wildman–Crippen MR) is 97.8 cm³/mol. The van der Waals surface area contributed by atoms with Crippen molar-refractivity contribution in [3.05, 3.63) is 53.3 Å². The third kappa shape index (κ3) is 4.85. The molecule has 0 spiro atoms. The lowest BCUT2D eigenvalue weighted by molar-refractivity contribution is -0.137. The summed E-state index contributed by atoms with van der Waals surface area (Å²) < 4.78 is 74.9. The molecule has 0 fully saturated rings. The van der Waals surface area contributed by atoms with Crippen LogP contribution in [0.4, 0.5) is 27.6 Å². The highest BCUT2D eigenvalue weighted by Crippen LogP contribution is 2.35. The average molecular weight is 429 g/mol. The van der Waals surface area contributed by atoms with Gasteiger partial charge in [0.15, 0.2) is 5.82 Å². The fourth-order valence-electron chi connectivity index (χ4n) is 2.63. The van der Waals surface area contributed by atoms with Gasteiger partial charge in [-0.25, -0.2) is 13.8 Å². The number of fused-ring (bicyclic) bond motifs is 1. The highest BCUT2D eigenvalue weighted by molar-refractivity contribution is 6.06. The number of rotatable bonds is 7. The lowest BCUT2D eigenvalue weighted by Gasteiger charge is -2.15. The molecular formula is C19H16F5N3O3. The summed E-state index contributed by atoms with van der Waals surface area (Å²) in [5.74, 6) is -1.27. The van der Waals surface area contributed by atoms with Crippen LogP contribution >= 0.6 is 0 Å². The van der Waals surface area contributed by atoms with Crippen molar-refractivity contribution >= 4 is 22.6 Å². The highest BCUT2D eigenvalue weighted by atomic mass is 19.4. The normalized spacial score (nSPS) is 11.8. The predicted octanol–water partition coefficient (Wildman–Crippen LogP) is 4.80. The molecule has 2 aromatic carbocycles. The third-order valence-electron chi connectivity index (χ3n) is 4.07. The Morgan fingerprint density at radius 1 is 1.17 bits per heavy atom. The molecule has 11 heteroatoms. The van der Waals surface area contributed by atoms with Gasteiger partial charge in [-0.15, -0.1) is 0 Å². The summed E-state index contributed by atoms with van der Waals surface area (Å²) in [6.07, 6.45) is -7.43. The Hall–Kier alpha value is -3.21. The number of ether oxygens (including phenoxy) is 2. The second-order valence-electron chi connectivity index (χ2n) is 6.16. The molecule has 2 N–H and O–H groups in total. The molecule has 0 aliphatic rings. The highest BCUT2D eigenvalue weighted by Gasteiger charge is 2.31. The number of aromatic nitrogens is 2. The van der Waals surface area contributed by atoms with Crippen molar-refractivity contribution in [3.63, 3.8) is 0 Å². The van der Waals surface area contributed by atoms with Crippen LogP contribution in [-0.2, 0) is 10.9 Å². The van der Waals surface area contributed by atoms with E-state index in [1.54, 1.807) is 0 Å². The number of nitrogens with one attached hydrogen (secondary N) is 2. The monoisotopic (exact) mass is 429 g/mol. The van der Waals surface area contributed by atoms with E-state index in [0.717, 1.165) is 18.2 Å². The standard InChI is InChI=1S/C19H16F5N3O3/c1-29-6-7-30-15-5-3-11(19(22,23)24)9-14(15)27-18(28)10-2-4-12-13(8-10)26-17(25-12)16(20)21/h2-5,8-9,16H,6-7H2,1H3,(H,25,26)(H,27,28). The number of nitrogens with zero attached hydrogens (tertiary/aromatic N) is 1. The van der Waals surface area contributed by atoms with Gasteiger partial charge in [0.05, 0.1) is 28.9 Å². The number of benzene rings is 2. The van der Waals surface area contributed by atoms with Crippen molar-refractivity contribution in [2.45, 2.75) is 12.6 Å². The molecule has 6 nitrogen and oxygen atoms in total.